The number of fused-ring (bicyclic) bond motifs is 5. The molecule has 5 rings (SSSR count). The van der Waals surface area contributed by atoms with Crippen molar-refractivity contribution in [1.29, 1.82) is 0 Å². The molecule has 0 saturated carbocycles. The number of hydrogen-bond donors (Lipinski definition) is 2. The van der Waals surface area contributed by atoms with Crippen molar-refractivity contribution >= 4 is 10.8 Å². The first-order valence-electron chi connectivity index (χ1n) is 8.86. The minimum atomic E-state index is -0.200. The van der Waals surface area contributed by atoms with E-state index in [4.69, 9.17) is 0 Å². The van der Waals surface area contributed by atoms with Gasteiger partial charge in [0.05, 0.1) is 11.8 Å². The second-order valence-corrected chi connectivity index (χ2v) is 7.15. The van der Waals surface area contributed by atoms with Gasteiger partial charge in [0.25, 0.3) is 5.56 Å². The molecule has 1 aromatic heterocycles. The van der Waals surface area contributed by atoms with Crippen molar-refractivity contribution in [2.24, 2.45) is 0 Å². The van der Waals surface area contributed by atoms with Crippen LogP contribution in [0, 0.1) is 0 Å². The lowest BCUT2D eigenvalue weighted by atomic mass is 10.0. The zero-order chi connectivity index (χ0) is 17.0. The van der Waals surface area contributed by atoms with E-state index in [1.165, 1.54) is 16.7 Å². The topological polar surface area (TPSA) is 56.3 Å². The van der Waals surface area contributed by atoms with Gasteiger partial charge in [-0.1, -0.05) is 36.4 Å². The maximum atomic E-state index is 12.5. The molecule has 1 saturated heterocycles. The number of aliphatic hydroxyl groups excluding tert-OH is 1. The molecule has 3 aromatic rings. The number of nitrogens with one attached hydrogen (secondary N) is 1. The highest BCUT2D eigenvalue weighted by molar-refractivity contribution is 5.93. The Kier molecular flexibility index (Phi) is 3.30. The van der Waals surface area contributed by atoms with E-state index in [9.17, 15) is 9.90 Å². The van der Waals surface area contributed by atoms with Crippen LogP contribution < -0.4 is 5.56 Å². The maximum absolute atomic E-state index is 12.5. The Hall–Kier alpha value is -2.43. The number of β-amino-alcohol motifs (C(OH)–C–C–N with tert-alkyl or cyclic N) is 1. The third kappa shape index (κ3) is 2.33. The largest absolute Gasteiger partial charge is 0.392 e. The lowest BCUT2D eigenvalue weighted by Gasteiger charge is -2.17. The fraction of sp³-hybridized carbons (Fsp3) is 0.286. The van der Waals surface area contributed by atoms with Gasteiger partial charge >= 0.3 is 0 Å². The number of pyridine rings is 1. The summed E-state index contributed by atoms with van der Waals surface area (Å²) in [5.41, 5.74) is 5.94. The molecule has 0 bridgehead atoms. The minimum Gasteiger partial charge on any atom is -0.392 e. The molecule has 2 aliphatic rings. The number of likely N-dealkylation sites (tertiary alicyclic amines) is 1. The number of rotatable bonds is 2. The van der Waals surface area contributed by atoms with Crippen molar-refractivity contribution in [3.8, 4) is 11.3 Å². The Morgan fingerprint density at radius 3 is 2.72 bits per heavy atom. The fourth-order valence-corrected chi connectivity index (χ4v) is 4.35. The van der Waals surface area contributed by atoms with Gasteiger partial charge in [-0.3, -0.25) is 9.69 Å². The van der Waals surface area contributed by atoms with Gasteiger partial charge in [-0.05, 0) is 34.6 Å². The van der Waals surface area contributed by atoms with E-state index in [-0.39, 0.29) is 11.7 Å². The van der Waals surface area contributed by atoms with Gasteiger partial charge in [0.15, 0.2) is 0 Å². The summed E-state index contributed by atoms with van der Waals surface area (Å²) in [6, 6.07) is 14.2. The number of aromatic nitrogens is 1. The fourth-order valence-electron chi connectivity index (χ4n) is 4.35. The average Bonchev–Trinajstić information content (AvgIpc) is 3.20. The molecule has 0 spiro atoms. The summed E-state index contributed by atoms with van der Waals surface area (Å²) in [6.45, 7) is 2.55. The Morgan fingerprint density at radius 1 is 1.08 bits per heavy atom. The molecule has 1 fully saturated rings. The Bertz CT molecular complexity index is 1040. The lowest BCUT2D eigenvalue weighted by Crippen LogP contribution is -2.22. The highest BCUT2D eigenvalue weighted by atomic mass is 16.3. The summed E-state index contributed by atoms with van der Waals surface area (Å²) >= 11 is 0. The third-order valence-corrected chi connectivity index (χ3v) is 5.57. The van der Waals surface area contributed by atoms with Crippen LogP contribution in [0.1, 0.15) is 23.1 Å². The molecular weight excluding hydrogens is 312 g/mol. The van der Waals surface area contributed by atoms with Gasteiger partial charge in [0, 0.05) is 37.0 Å². The van der Waals surface area contributed by atoms with Crippen LogP contribution >= 0.6 is 0 Å². The smallest absolute Gasteiger partial charge is 0.256 e. The monoisotopic (exact) mass is 332 g/mol. The third-order valence-electron chi connectivity index (χ3n) is 5.57. The van der Waals surface area contributed by atoms with Gasteiger partial charge < -0.3 is 10.1 Å². The second kappa shape index (κ2) is 5.55. The number of aromatic amines is 1. The average molecular weight is 332 g/mol. The van der Waals surface area contributed by atoms with E-state index in [0.29, 0.717) is 0 Å². The Balaban J connectivity index is 1.61. The summed E-state index contributed by atoms with van der Waals surface area (Å²) in [5.74, 6) is 0. The molecule has 25 heavy (non-hydrogen) atoms. The molecular formula is C21H20N2O2. The number of H-pyrrole nitrogens is 1. The molecule has 2 heterocycles. The molecule has 4 heteroatoms. The summed E-state index contributed by atoms with van der Waals surface area (Å²) in [5, 5.41) is 11.6. The van der Waals surface area contributed by atoms with Crippen molar-refractivity contribution in [2.75, 3.05) is 13.1 Å². The van der Waals surface area contributed by atoms with E-state index in [2.05, 4.69) is 28.1 Å². The Morgan fingerprint density at radius 2 is 1.92 bits per heavy atom. The van der Waals surface area contributed by atoms with Crippen LogP contribution in [0.4, 0.5) is 0 Å². The van der Waals surface area contributed by atoms with E-state index in [1.807, 2.05) is 24.3 Å². The lowest BCUT2D eigenvalue weighted by molar-refractivity contribution is 0.174. The van der Waals surface area contributed by atoms with Crippen LogP contribution in [0.3, 0.4) is 0 Å². The zero-order valence-corrected chi connectivity index (χ0v) is 14.0. The van der Waals surface area contributed by atoms with Crippen LogP contribution in [0.15, 0.2) is 47.3 Å². The normalized spacial score (nSPS) is 19.3. The van der Waals surface area contributed by atoms with Crippen LogP contribution in [-0.2, 0) is 13.0 Å². The summed E-state index contributed by atoms with van der Waals surface area (Å²) in [7, 11) is 0. The highest BCUT2D eigenvalue weighted by Crippen LogP contribution is 2.39. The molecule has 2 aromatic carbocycles. The Labute approximate surface area is 145 Å². The van der Waals surface area contributed by atoms with Crippen LogP contribution in [-0.4, -0.2) is 34.2 Å². The van der Waals surface area contributed by atoms with E-state index in [0.717, 1.165) is 54.5 Å². The van der Waals surface area contributed by atoms with E-state index >= 15 is 0 Å². The van der Waals surface area contributed by atoms with Gasteiger partial charge in [0.1, 0.15) is 0 Å². The number of benzene rings is 2. The quantitative estimate of drug-likeness (QED) is 0.593. The van der Waals surface area contributed by atoms with Gasteiger partial charge in [-0.2, -0.15) is 0 Å². The first-order valence-corrected chi connectivity index (χ1v) is 8.86. The molecule has 4 nitrogen and oxygen atoms in total. The van der Waals surface area contributed by atoms with Gasteiger partial charge in [0.2, 0.25) is 0 Å². The summed E-state index contributed by atoms with van der Waals surface area (Å²) < 4.78 is 0. The predicted molar refractivity (Wildman–Crippen MR) is 98.7 cm³/mol. The van der Waals surface area contributed by atoms with Crippen molar-refractivity contribution in [3.05, 3.63) is 69.5 Å². The number of aliphatic hydroxyl groups is 1. The maximum Gasteiger partial charge on any atom is 0.256 e. The SMILES string of the molecule is O=c1[nH]c2c(c3ccccc13)Cc1c(CN3CCC(O)C3)cccc1-2. The molecule has 0 radical (unpaired) electrons. The van der Waals surface area contributed by atoms with Crippen molar-refractivity contribution in [3.63, 3.8) is 0 Å². The standard InChI is InChI=1S/C21H20N2O2/c24-14-8-9-23(12-14)11-13-4-3-7-16-18(13)10-19-15-5-1-2-6-17(15)21(25)22-20(16)19/h1-7,14,24H,8-12H2,(H,22,25). The van der Waals surface area contributed by atoms with Crippen molar-refractivity contribution < 1.29 is 5.11 Å². The van der Waals surface area contributed by atoms with E-state index < -0.39 is 0 Å². The minimum absolute atomic E-state index is 0.0183. The summed E-state index contributed by atoms with van der Waals surface area (Å²) in [6.07, 6.45) is 1.51. The zero-order valence-electron chi connectivity index (χ0n) is 14.0. The molecule has 1 aliphatic carbocycles. The van der Waals surface area contributed by atoms with Crippen molar-refractivity contribution in [1.82, 2.24) is 9.88 Å². The van der Waals surface area contributed by atoms with Crippen LogP contribution in [0.25, 0.3) is 22.0 Å². The first-order chi connectivity index (χ1) is 12.2. The first kappa shape index (κ1) is 14.9. The van der Waals surface area contributed by atoms with Gasteiger partial charge in [-0.15, -0.1) is 0 Å². The number of nitrogens with zero attached hydrogens (tertiary/aromatic N) is 1. The predicted octanol–water partition coefficient (Wildman–Crippen LogP) is 2.67. The summed E-state index contributed by atoms with van der Waals surface area (Å²) in [4.78, 5) is 17.9. The van der Waals surface area contributed by atoms with Crippen LogP contribution in [0.5, 0.6) is 0 Å². The molecule has 1 aliphatic heterocycles. The van der Waals surface area contributed by atoms with Gasteiger partial charge in [-0.25, -0.2) is 0 Å². The van der Waals surface area contributed by atoms with Crippen molar-refractivity contribution in [2.45, 2.75) is 25.5 Å². The molecule has 0 amide bonds. The molecule has 1 atom stereocenters. The number of hydrogen-bond acceptors (Lipinski definition) is 3. The van der Waals surface area contributed by atoms with Crippen LogP contribution in [0.2, 0.25) is 0 Å². The highest BCUT2D eigenvalue weighted by Gasteiger charge is 2.26. The molecule has 126 valence electrons. The second-order valence-electron chi connectivity index (χ2n) is 7.15. The van der Waals surface area contributed by atoms with E-state index in [1.54, 1.807) is 0 Å². The molecule has 2 N–H and O–H groups in total. The molecule has 1 unspecified atom stereocenters.